The second-order valence-electron chi connectivity index (χ2n) is 4.02. The van der Waals surface area contributed by atoms with E-state index in [1.807, 2.05) is 13.1 Å². The zero-order valence-corrected chi connectivity index (χ0v) is 13.8. The van der Waals surface area contributed by atoms with Crippen molar-refractivity contribution in [2.24, 2.45) is 0 Å². The molecule has 0 aliphatic carbocycles. The van der Waals surface area contributed by atoms with Crippen LogP contribution in [0.3, 0.4) is 0 Å². The summed E-state index contributed by atoms with van der Waals surface area (Å²) in [6, 6.07) is 3.34. The molecule has 0 saturated carbocycles. The molecule has 0 aliphatic heterocycles. The Labute approximate surface area is 125 Å². The van der Waals surface area contributed by atoms with Crippen molar-refractivity contribution in [3.05, 3.63) is 33.9 Å². The number of rotatable bonds is 5. The van der Waals surface area contributed by atoms with Crippen LogP contribution in [0.4, 0.5) is 0 Å². The Kier molecular flexibility index (Phi) is 4.44. The quantitative estimate of drug-likeness (QED) is 0.819. The lowest BCUT2D eigenvalue weighted by Crippen LogP contribution is -2.25. The molecule has 0 unspecified atom stereocenters. The van der Waals surface area contributed by atoms with Crippen molar-refractivity contribution in [2.75, 3.05) is 7.05 Å². The van der Waals surface area contributed by atoms with Gasteiger partial charge in [0, 0.05) is 31.9 Å². The zero-order chi connectivity index (χ0) is 14.0. The molecule has 0 spiro atoms. The molecule has 5 nitrogen and oxygen atoms in total. The van der Waals surface area contributed by atoms with Crippen molar-refractivity contribution in [1.82, 2.24) is 14.1 Å². The summed E-state index contributed by atoms with van der Waals surface area (Å²) < 4.78 is 28.9. The van der Waals surface area contributed by atoms with Gasteiger partial charge in [-0.25, -0.2) is 8.42 Å². The molecule has 2 aromatic heterocycles. The smallest absolute Gasteiger partial charge is 0.252 e. The van der Waals surface area contributed by atoms with E-state index in [0.717, 1.165) is 15.9 Å². The number of hydrogen-bond acceptors (Lipinski definition) is 4. The first-order valence-electron chi connectivity index (χ1n) is 5.66. The summed E-state index contributed by atoms with van der Waals surface area (Å²) in [5.74, 6) is 0. The minimum absolute atomic E-state index is 0.317. The molecule has 0 saturated heterocycles. The maximum atomic E-state index is 12.3. The topological polar surface area (TPSA) is 55.2 Å². The summed E-state index contributed by atoms with van der Waals surface area (Å²) >= 11 is 4.48. The van der Waals surface area contributed by atoms with E-state index >= 15 is 0 Å². The summed E-state index contributed by atoms with van der Waals surface area (Å²) in [5, 5.41) is 4.14. The molecular formula is C11H14BrN3O2S2. The molecule has 19 heavy (non-hydrogen) atoms. The van der Waals surface area contributed by atoms with E-state index in [2.05, 4.69) is 21.0 Å². The van der Waals surface area contributed by atoms with E-state index < -0.39 is 10.0 Å². The number of aryl methyl sites for hydroxylation is 1. The second kappa shape index (κ2) is 5.74. The first-order chi connectivity index (χ1) is 8.93. The van der Waals surface area contributed by atoms with E-state index in [0.29, 0.717) is 10.8 Å². The highest BCUT2D eigenvalue weighted by Crippen LogP contribution is 2.28. The van der Waals surface area contributed by atoms with Gasteiger partial charge in [0.15, 0.2) is 0 Å². The highest BCUT2D eigenvalue weighted by molar-refractivity contribution is 9.11. The lowest BCUT2D eigenvalue weighted by molar-refractivity contribution is 0.468. The molecule has 0 fully saturated rings. The van der Waals surface area contributed by atoms with E-state index in [9.17, 15) is 8.42 Å². The summed E-state index contributed by atoms with van der Waals surface area (Å²) in [7, 11) is -1.85. The molecular weight excluding hydrogens is 350 g/mol. The molecule has 8 heteroatoms. The van der Waals surface area contributed by atoms with Crippen molar-refractivity contribution in [1.29, 1.82) is 0 Å². The zero-order valence-electron chi connectivity index (χ0n) is 10.6. The Morgan fingerprint density at radius 3 is 2.74 bits per heavy atom. The van der Waals surface area contributed by atoms with Crippen LogP contribution in [0, 0.1) is 0 Å². The fourth-order valence-corrected chi connectivity index (χ4v) is 4.97. The van der Waals surface area contributed by atoms with Crippen molar-refractivity contribution in [2.45, 2.75) is 24.2 Å². The molecule has 0 amide bonds. The van der Waals surface area contributed by atoms with Crippen LogP contribution in [0.5, 0.6) is 0 Å². The summed E-state index contributed by atoms with van der Waals surface area (Å²) in [5.41, 5.74) is 0.878. The van der Waals surface area contributed by atoms with Crippen LogP contribution < -0.4 is 0 Å². The van der Waals surface area contributed by atoms with Gasteiger partial charge in [0.25, 0.3) is 10.0 Å². The molecule has 0 aromatic carbocycles. The average molecular weight is 364 g/mol. The van der Waals surface area contributed by atoms with Gasteiger partial charge in [-0.15, -0.1) is 11.3 Å². The van der Waals surface area contributed by atoms with Crippen LogP contribution in [0.2, 0.25) is 0 Å². The first kappa shape index (κ1) is 14.7. The lowest BCUT2D eigenvalue weighted by Gasteiger charge is -2.14. The second-order valence-corrected chi connectivity index (χ2v) is 8.76. The predicted octanol–water partition coefficient (Wildman–Crippen LogP) is 2.55. The number of nitrogens with zero attached hydrogens (tertiary/aromatic N) is 3. The van der Waals surface area contributed by atoms with Gasteiger partial charge in [0.2, 0.25) is 0 Å². The van der Waals surface area contributed by atoms with Crippen molar-refractivity contribution < 1.29 is 8.42 Å². The van der Waals surface area contributed by atoms with Gasteiger partial charge >= 0.3 is 0 Å². The average Bonchev–Trinajstić information content (AvgIpc) is 2.98. The van der Waals surface area contributed by atoms with Gasteiger partial charge in [-0.1, -0.05) is 0 Å². The predicted molar refractivity (Wildman–Crippen MR) is 78.6 cm³/mol. The molecule has 104 valence electrons. The number of thiophene rings is 1. The Hall–Kier alpha value is -0.700. The van der Waals surface area contributed by atoms with Crippen LogP contribution in [0.15, 0.2) is 32.5 Å². The minimum atomic E-state index is -3.43. The molecule has 2 rings (SSSR count). The monoisotopic (exact) mass is 363 g/mol. The van der Waals surface area contributed by atoms with Crippen LogP contribution in [0.25, 0.3) is 0 Å². The Bertz CT molecular complexity index is 663. The van der Waals surface area contributed by atoms with E-state index in [4.69, 9.17) is 0 Å². The first-order valence-corrected chi connectivity index (χ1v) is 8.71. The molecule has 2 aromatic rings. The van der Waals surface area contributed by atoms with Crippen molar-refractivity contribution in [3.63, 3.8) is 0 Å². The number of hydrogen-bond donors (Lipinski definition) is 0. The Balaban J connectivity index is 2.17. The standard InChI is InChI=1S/C11H14BrN3O2S2/c1-3-15-8-9(6-13-15)7-14(2)19(16,17)11-5-4-10(12)18-11/h4-6,8H,3,7H2,1-2H3. The third-order valence-corrected chi connectivity index (χ3v) is 6.52. The van der Waals surface area contributed by atoms with Gasteiger partial charge in [-0.05, 0) is 35.0 Å². The number of aromatic nitrogens is 2. The SMILES string of the molecule is CCn1cc(CN(C)S(=O)(=O)c2ccc(Br)s2)cn1. The van der Waals surface area contributed by atoms with Gasteiger partial charge < -0.3 is 0 Å². The van der Waals surface area contributed by atoms with Crippen LogP contribution in [-0.2, 0) is 23.1 Å². The van der Waals surface area contributed by atoms with Gasteiger partial charge in [-0.2, -0.15) is 9.40 Å². The molecule has 0 N–H and O–H groups in total. The fourth-order valence-electron chi connectivity index (χ4n) is 1.59. The largest absolute Gasteiger partial charge is 0.273 e. The highest BCUT2D eigenvalue weighted by atomic mass is 79.9. The third kappa shape index (κ3) is 3.25. The van der Waals surface area contributed by atoms with Gasteiger partial charge in [0.1, 0.15) is 4.21 Å². The van der Waals surface area contributed by atoms with Crippen LogP contribution >= 0.6 is 27.3 Å². The van der Waals surface area contributed by atoms with E-state index in [1.54, 1.807) is 30.1 Å². The van der Waals surface area contributed by atoms with Gasteiger partial charge in [0.05, 0.1) is 9.98 Å². The van der Waals surface area contributed by atoms with Crippen LogP contribution in [0.1, 0.15) is 12.5 Å². The van der Waals surface area contributed by atoms with Crippen molar-refractivity contribution in [3.8, 4) is 0 Å². The molecule has 0 bridgehead atoms. The Morgan fingerprint density at radius 2 is 2.21 bits per heavy atom. The summed E-state index contributed by atoms with van der Waals surface area (Å²) in [4.78, 5) is 0. The van der Waals surface area contributed by atoms with Crippen LogP contribution in [-0.4, -0.2) is 29.6 Å². The molecule has 2 heterocycles. The maximum absolute atomic E-state index is 12.3. The van der Waals surface area contributed by atoms with Gasteiger partial charge in [-0.3, -0.25) is 4.68 Å². The number of halogens is 1. The molecule has 0 radical (unpaired) electrons. The fraction of sp³-hybridized carbons (Fsp3) is 0.364. The van der Waals surface area contributed by atoms with E-state index in [-0.39, 0.29) is 0 Å². The minimum Gasteiger partial charge on any atom is -0.273 e. The highest BCUT2D eigenvalue weighted by Gasteiger charge is 2.23. The van der Waals surface area contributed by atoms with Crippen molar-refractivity contribution >= 4 is 37.3 Å². The van der Waals surface area contributed by atoms with E-state index in [1.165, 1.54) is 15.6 Å². The lowest BCUT2D eigenvalue weighted by atomic mass is 10.4. The maximum Gasteiger partial charge on any atom is 0.252 e. The summed E-state index contributed by atoms with van der Waals surface area (Å²) in [6.45, 7) is 3.08. The Morgan fingerprint density at radius 1 is 1.47 bits per heavy atom. The third-order valence-electron chi connectivity index (χ3n) is 2.63. The normalized spacial score (nSPS) is 12.2. The molecule has 0 aliphatic rings. The molecule has 0 atom stereocenters. The number of sulfonamides is 1. The summed E-state index contributed by atoms with van der Waals surface area (Å²) in [6.07, 6.45) is 3.55.